The highest BCUT2D eigenvalue weighted by Gasteiger charge is 2.38. The lowest BCUT2D eigenvalue weighted by atomic mass is 9.95. The predicted molar refractivity (Wildman–Crippen MR) is 133 cm³/mol. The van der Waals surface area contributed by atoms with E-state index in [1.165, 1.54) is 24.8 Å². The first-order valence-corrected chi connectivity index (χ1v) is 12.4. The van der Waals surface area contributed by atoms with Gasteiger partial charge < -0.3 is 9.88 Å². The number of tetrazole rings is 1. The summed E-state index contributed by atoms with van der Waals surface area (Å²) in [4.78, 5) is 19.0. The van der Waals surface area contributed by atoms with E-state index >= 15 is 0 Å². The summed E-state index contributed by atoms with van der Waals surface area (Å²) in [7, 11) is 0. The van der Waals surface area contributed by atoms with E-state index in [-0.39, 0.29) is 23.7 Å². The van der Waals surface area contributed by atoms with E-state index in [1.807, 2.05) is 22.9 Å². The fraction of sp³-hybridized carbons (Fsp3) is 0.407. The highest BCUT2D eigenvalue weighted by molar-refractivity contribution is 5.80. The minimum atomic E-state index is -0.371. The molecule has 0 bridgehead atoms. The Hall–Kier alpha value is -3.48. The molecule has 4 aromatic rings. The number of nitrogens with zero attached hydrogens (tertiary/aromatic N) is 5. The maximum absolute atomic E-state index is 13.6. The first-order chi connectivity index (χ1) is 16.6. The van der Waals surface area contributed by atoms with Gasteiger partial charge in [0.15, 0.2) is 5.82 Å². The van der Waals surface area contributed by atoms with Crippen molar-refractivity contribution in [2.45, 2.75) is 70.5 Å². The number of pyridine rings is 1. The summed E-state index contributed by atoms with van der Waals surface area (Å²) in [6.45, 7) is 4.30. The summed E-state index contributed by atoms with van der Waals surface area (Å²) in [5, 5.41) is 14.2. The van der Waals surface area contributed by atoms with Crippen LogP contribution in [0.3, 0.4) is 0 Å². The molecule has 7 nitrogen and oxygen atoms in total. The molecule has 0 spiro atoms. The Bertz CT molecular complexity index is 1400. The van der Waals surface area contributed by atoms with Gasteiger partial charge in [0.2, 0.25) is 0 Å². The molecule has 1 aliphatic carbocycles. The van der Waals surface area contributed by atoms with Crippen LogP contribution in [-0.4, -0.2) is 31.2 Å². The van der Waals surface area contributed by atoms with Gasteiger partial charge in [-0.15, -0.1) is 5.10 Å². The van der Waals surface area contributed by atoms with E-state index in [0.717, 1.165) is 47.2 Å². The number of aromatic amines is 1. The first kappa shape index (κ1) is 21.1. The molecule has 2 atom stereocenters. The molecule has 0 amide bonds. The Morgan fingerprint density at radius 2 is 1.88 bits per heavy atom. The highest BCUT2D eigenvalue weighted by atomic mass is 16.1. The van der Waals surface area contributed by atoms with Crippen molar-refractivity contribution >= 4 is 16.6 Å². The van der Waals surface area contributed by atoms with Crippen LogP contribution in [0.1, 0.15) is 73.6 Å². The molecule has 3 heterocycles. The second-order valence-electron chi connectivity index (χ2n) is 9.91. The van der Waals surface area contributed by atoms with Crippen molar-refractivity contribution in [3.63, 3.8) is 0 Å². The van der Waals surface area contributed by atoms with Crippen LogP contribution in [0.15, 0.2) is 53.3 Å². The fourth-order valence-electron chi connectivity index (χ4n) is 5.91. The third-order valence-electron chi connectivity index (χ3n) is 7.54. The van der Waals surface area contributed by atoms with Crippen LogP contribution < -0.4 is 10.5 Å². The minimum Gasteiger partial charge on any atom is -0.354 e. The zero-order chi connectivity index (χ0) is 23.2. The summed E-state index contributed by atoms with van der Waals surface area (Å²) in [6, 6.07) is 16.8. The van der Waals surface area contributed by atoms with Crippen molar-refractivity contribution in [2.24, 2.45) is 0 Å². The van der Waals surface area contributed by atoms with Gasteiger partial charge in [-0.25, -0.2) is 4.68 Å². The summed E-state index contributed by atoms with van der Waals surface area (Å²) >= 11 is 0. The number of hydrogen-bond acceptors (Lipinski definition) is 5. The standard InChI is InChI=1S/C27H30N6O/c1-17-12-13-23-20(14-17)16-22(27(34)28-23)25(32-18(2)15-19-8-6-7-11-24(19)32)26-29-30-31-33(26)21-9-4-3-5-10-21/h6-8,11-14,16,18,21,25H,3-5,9-10,15H2,1-2H3,(H,28,34)/t18-,25-/m1/s1. The Morgan fingerprint density at radius 1 is 1.06 bits per heavy atom. The normalized spacial score (nSPS) is 19.5. The number of aryl methyl sites for hydroxylation is 1. The van der Waals surface area contributed by atoms with Crippen LogP contribution in [0.25, 0.3) is 10.9 Å². The van der Waals surface area contributed by atoms with Gasteiger partial charge in [0.1, 0.15) is 6.04 Å². The monoisotopic (exact) mass is 454 g/mol. The molecule has 1 N–H and O–H groups in total. The molecule has 0 radical (unpaired) electrons. The number of H-pyrrole nitrogens is 1. The van der Waals surface area contributed by atoms with Crippen molar-refractivity contribution in [1.82, 2.24) is 25.2 Å². The molecule has 1 aliphatic heterocycles. The van der Waals surface area contributed by atoms with Gasteiger partial charge in [0.05, 0.1) is 6.04 Å². The third kappa shape index (κ3) is 3.50. The van der Waals surface area contributed by atoms with Crippen LogP contribution in [0.4, 0.5) is 5.69 Å². The van der Waals surface area contributed by atoms with Gasteiger partial charge in [-0.05, 0) is 78.8 Å². The average molecular weight is 455 g/mol. The SMILES string of the molecule is Cc1ccc2[nH]c(=O)c([C@H](c3nnnn3C3CCCCC3)N3c4ccccc4C[C@H]3C)cc2c1. The van der Waals surface area contributed by atoms with Gasteiger partial charge >= 0.3 is 0 Å². The zero-order valence-corrected chi connectivity index (χ0v) is 19.7. The van der Waals surface area contributed by atoms with Crippen molar-refractivity contribution in [2.75, 3.05) is 4.90 Å². The molecule has 7 heteroatoms. The zero-order valence-electron chi connectivity index (χ0n) is 19.7. The molecule has 0 saturated heterocycles. The number of para-hydroxylation sites is 1. The van der Waals surface area contributed by atoms with Crippen LogP contribution in [0.5, 0.6) is 0 Å². The smallest absolute Gasteiger partial charge is 0.254 e. The van der Waals surface area contributed by atoms with E-state index in [1.54, 1.807) is 0 Å². The largest absolute Gasteiger partial charge is 0.354 e. The molecule has 174 valence electrons. The van der Waals surface area contributed by atoms with Crippen LogP contribution in [0, 0.1) is 6.92 Å². The number of rotatable bonds is 4. The van der Waals surface area contributed by atoms with Crippen LogP contribution >= 0.6 is 0 Å². The van der Waals surface area contributed by atoms with E-state index < -0.39 is 0 Å². The number of anilines is 1. The second-order valence-corrected chi connectivity index (χ2v) is 9.91. The number of nitrogens with one attached hydrogen (secondary N) is 1. The summed E-state index contributed by atoms with van der Waals surface area (Å²) in [6.07, 6.45) is 6.72. The van der Waals surface area contributed by atoms with E-state index in [2.05, 4.69) is 69.6 Å². The highest BCUT2D eigenvalue weighted by Crippen LogP contribution is 2.41. The topological polar surface area (TPSA) is 79.7 Å². The number of aromatic nitrogens is 5. The molecular formula is C27H30N6O. The Labute approximate surface area is 198 Å². The van der Waals surface area contributed by atoms with Gasteiger partial charge in [0, 0.05) is 22.8 Å². The van der Waals surface area contributed by atoms with Crippen molar-refractivity contribution in [3.05, 3.63) is 81.4 Å². The maximum Gasteiger partial charge on any atom is 0.254 e. The maximum atomic E-state index is 13.6. The molecule has 1 fully saturated rings. The summed E-state index contributed by atoms with van der Waals surface area (Å²) in [5.74, 6) is 0.757. The molecule has 34 heavy (non-hydrogen) atoms. The summed E-state index contributed by atoms with van der Waals surface area (Å²) < 4.78 is 2.01. The first-order valence-electron chi connectivity index (χ1n) is 12.4. The Balaban J connectivity index is 1.57. The predicted octanol–water partition coefficient (Wildman–Crippen LogP) is 4.87. The summed E-state index contributed by atoms with van der Waals surface area (Å²) in [5.41, 5.74) is 5.06. The van der Waals surface area contributed by atoms with Gasteiger partial charge in [-0.2, -0.15) is 0 Å². The van der Waals surface area contributed by atoms with Crippen molar-refractivity contribution in [3.8, 4) is 0 Å². The number of fused-ring (bicyclic) bond motifs is 2. The van der Waals surface area contributed by atoms with Gasteiger partial charge in [0.25, 0.3) is 5.56 Å². The van der Waals surface area contributed by atoms with E-state index in [4.69, 9.17) is 0 Å². The average Bonchev–Trinajstić information content (AvgIpc) is 3.45. The molecule has 2 aromatic heterocycles. The molecule has 2 aliphatic rings. The molecule has 1 saturated carbocycles. The number of benzene rings is 2. The molecular weight excluding hydrogens is 424 g/mol. The van der Waals surface area contributed by atoms with Crippen LogP contribution in [-0.2, 0) is 6.42 Å². The Morgan fingerprint density at radius 3 is 2.74 bits per heavy atom. The number of hydrogen-bond donors (Lipinski definition) is 1. The lowest BCUT2D eigenvalue weighted by Crippen LogP contribution is -2.39. The van der Waals surface area contributed by atoms with E-state index in [0.29, 0.717) is 5.56 Å². The fourth-order valence-corrected chi connectivity index (χ4v) is 5.91. The van der Waals surface area contributed by atoms with Crippen molar-refractivity contribution < 1.29 is 0 Å². The molecule has 6 rings (SSSR count). The molecule has 0 unspecified atom stereocenters. The van der Waals surface area contributed by atoms with Crippen molar-refractivity contribution in [1.29, 1.82) is 0 Å². The van der Waals surface area contributed by atoms with Gasteiger partial charge in [-0.1, -0.05) is 49.1 Å². The third-order valence-corrected chi connectivity index (χ3v) is 7.54. The lowest BCUT2D eigenvalue weighted by Gasteiger charge is -2.34. The quantitative estimate of drug-likeness (QED) is 0.476. The van der Waals surface area contributed by atoms with Gasteiger partial charge in [-0.3, -0.25) is 4.79 Å². The second kappa shape index (κ2) is 8.38. The van der Waals surface area contributed by atoms with E-state index in [9.17, 15) is 4.79 Å². The van der Waals surface area contributed by atoms with Crippen LogP contribution in [0.2, 0.25) is 0 Å². The molecule has 2 aromatic carbocycles. The minimum absolute atomic E-state index is 0.0869. The lowest BCUT2D eigenvalue weighted by molar-refractivity contribution is 0.312. The Kier molecular flexibility index (Phi) is 5.20.